The van der Waals surface area contributed by atoms with Gasteiger partial charge < -0.3 is 15.0 Å². The molecule has 1 fully saturated rings. The quantitative estimate of drug-likeness (QED) is 0.781. The zero-order valence-corrected chi connectivity index (χ0v) is 15.3. The Bertz CT molecular complexity index is 659. The Kier molecular flexibility index (Phi) is 6.44. The van der Waals surface area contributed by atoms with Gasteiger partial charge in [-0.2, -0.15) is 5.10 Å². The van der Waals surface area contributed by atoms with Crippen molar-refractivity contribution in [1.29, 1.82) is 0 Å². The van der Waals surface area contributed by atoms with Crippen molar-refractivity contribution in [3.8, 4) is 5.75 Å². The molecule has 2 aliphatic heterocycles. The first-order valence-electron chi connectivity index (χ1n) is 9.33. The van der Waals surface area contributed by atoms with Crippen LogP contribution in [0.5, 0.6) is 5.75 Å². The molecule has 0 saturated carbocycles. The van der Waals surface area contributed by atoms with Crippen LogP contribution >= 0.6 is 0 Å². The van der Waals surface area contributed by atoms with Crippen LogP contribution in [-0.2, 0) is 4.79 Å². The lowest BCUT2D eigenvalue weighted by Gasteiger charge is -2.26. The summed E-state index contributed by atoms with van der Waals surface area (Å²) in [5, 5.41) is 7.18. The van der Waals surface area contributed by atoms with Crippen molar-refractivity contribution in [2.24, 2.45) is 5.10 Å². The minimum Gasteiger partial charge on any atom is -0.494 e. The molecule has 1 saturated heterocycles. The van der Waals surface area contributed by atoms with Crippen molar-refractivity contribution in [3.05, 3.63) is 29.6 Å². The van der Waals surface area contributed by atoms with Gasteiger partial charge in [-0.3, -0.25) is 10.2 Å². The van der Waals surface area contributed by atoms with Gasteiger partial charge in [-0.25, -0.2) is 4.39 Å². The average Bonchev–Trinajstić information content (AvgIpc) is 3.11. The van der Waals surface area contributed by atoms with Gasteiger partial charge >= 0.3 is 0 Å². The van der Waals surface area contributed by atoms with Crippen molar-refractivity contribution in [1.82, 2.24) is 15.6 Å². The number of rotatable bonds is 7. The second-order valence-corrected chi connectivity index (χ2v) is 6.87. The molecule has 0 radical (unpaired) electrons. The maximum atomic E-state index is 13.8. The Balaban J connectivity index is 1.40. The molecule has 0 aromatic heterocycles. The maximum Gasteiger partial charge on any atom is 0.221 e. The van der Waals surface area contributed by atoms with E-state index in [0.717, 1.165) is 31.8 Å². The fourth-order valence-corrected chi connectivity index (χ4v) is 3.46. The highest BCUT2D eigenvalue weighted by atomic mass is 19.1. The molecule has 7 heteroatoms. The van der Waals surface area contributed by atoms with Gasteiger partial charge in [0.2, 0.25) is 5.91 Å². The minimum absolute atomic E-state index is 0.0249. The summed E-state index contributed by atoms with van der Waals surface area (Å²) >= 11 is 0. The van der Waals surface area contributed by atoms with Crippen molar-refractivity contribution < 1.29 is 13.9 Å². The van der Waals surface area contributed by atoms with Gasteiger partial charge in [-0.1, -0.05) is 6.42 Å². The molecule has 3 rings (SSSR count). The van der Waals surface area contributed by atoms with Crippen LogP contribution in [0.15, 0.2) is 23.3 Å². The first-order valence-corrected chi connectivity index (χ1v) is 9.33. The van der Waals surface area contributed by atoms with Crippen LogP contribution in [0.2, 0.25) is 0 Å². The lowest BCUT2D eigenvalue weighted by Crippen LogP contribution is -2.41. The number of ether oxygens (including phenoxy) is 1. The molecule has 0 aliphatic carbocycles. The highest BCUT2D eigenvalue weighted by Gasteiger charge is 2.22. The average molecular weight is 362 g/mol. The number of hydrogen-bond acceptors (Lipinski definition) is 5. The molecule has 1 amide bonds. The van der Waals surface area contributed by atoms with E-state index in [9.17, 15) is 9.18 Å². The summed E-state index contributed by atoms with van der Waals surface area (Å²) in [6, 6.07) is 4.76. The molecule has 0 bridgehead atoms. The number of halogens is 1. The minimum atomic E-state index is -0.419. The van der Waals surface area contributed by atoms with Crippen molar-refractivity contribution in [3.63, 3.8) is 0 Å². The van der Waals surface area contributed by atoms with Gasteiger partial charge in [0.1, 0.15) is 6.17 Å². The van der Waals surface area contributed by atoms with E-state index in [0.29, 0.717) is 18.4 Å². The SMILES string of the molecule is COc1ccc(C2=NNC(NC(=O)CCCN3CCCCC3)C2)cc1F. The molecule has 2 aliphatic rings. The largest absolute Gasteiger partial charge is 0.494 e. The number of methoxy groups -OCH3 is 1. The van der Waals surface area contributed by atoms with Gasteiger partial charge in [0.15, 0.2) is 11.6 Å². The van der Waals surface area contributed by atoms with Gasteiger partial charge in [-0.05, 0) is 57.1 Å². The third-order valence-electron chi connectivity index (χ3n) is 4.90. The summed E-state index contributed by atoms with van der Waals surface area (Å²) in [6.07, 6.45) is 5.54. The Hall–Kier alpha value is -2.15. The third-order valence-corrected chi connectivity index (χ3v) is 4.90. The number of hydrazone groups is 1. The number of nitrogens with one attached hydrogen (secondary N) is 2. The van der Waals surface area contributed by atoms with E-state index in [1.165, 1.54) is 32.4 Å². The zero-order valence-electron chi connectivity index (χ0n) is 15.3. The van der Waals surface area contributed by atoms with Gasteiger partial charge in [0.25, 0.3) is 0 Å². The van der Waals surface area contributed by atoms with Crippen LogP contribution in [0.4, 0.5) is 4.39 Å². The van der Waals surface area contributed by atoms with E-state index < -0.39 is 5.82 Å². The second-order valence-electron chi connectivity index (χ2n) is 6.87. The summed E-state index contributed by atoms with van der Waals surface area (Å²) in [7, 11) is 1.43. The number of hydrogen-bond donors (Lipinski definition) is 2. The Morgan fingerprint density at radius 1 is 1.38 bits per heavy atom. The van der Waals surface area contributed by atoms with Crippen molar-refractivity contribution >= 4 is 11.6 Å². The summed E-state index contributed by atoms with van der Waals surface area (Å²) in [6.45, 7) is 3.29. The summed E-state index contributed by atoms with van der Waals surface area (Å²) in [5.74, 6) is -0.186. The molecule has 6 nitrogen and oxygen atoms in total. The molecule has 2 N–H and O–H groups in total. The summed E-state index contributed by atoms with van der Waals surface area (Å²) in [4.78, 5) is 14.6. The number of carbonyl (C=O) groups excluding carboxylic acids is 1. The normalized spacial score (nSPS) is 20.4. The molecule has 2 heterocycles. The molecule has 26 heavy (non-hydrogen) atoms. The standard InChI is InChI=1S/C19H27FN4O2/c1-26-17-8-7-14(12-15(17)20)16-13-18(23-22-16)21-19(25)6-5-11-24-9-3-2-4-10-24/h7-8,12,18,23H,2-6,9-11,13H2,1H3,(H,21,25). The number of likely N-dealkylation sites (tertiary alicyclic amines) is 1. The molecule has 1 unspecified atom stereocenters. The first-order chi connectivity index (χ1) is 12.7. The Morgan fingerprint density at radius 2 is 2.19 bits per heavy atom. The van der Waals surface area contributed by atoms with E-state index >= 15 is 0 Å². The lowest BCUT2D eigenvalue weighted by atomic mass is 10.1. The lowest BCUT2D eigenvalue weighted by molar-refractivity contribution is -0.122. The fraction of sp³-hybridized carbons (Fsp3) is 0.579. The number of benzene rings is 1. The van der Waals surface area contributed by atoms with Crippen molar-refractivity contribution in [2.75, 3.05) is 26.7 Å². The van der Waals surface area contributed by atoms with E-state index in [1.54, 1.807) is 12.1 Å². The van der Waals surface area contributed by atoms with E-state index in [2.05, 4.69) is 20.7 Å². The Morgan fingerprint density at radius 3 is 2.92 bits per heavy atom. The topological polar surface area (TPSA) is 66.0 Å². The molecule has 1 aromatic rings. The van der Waals surface area contributed by atoms with E-state index in [4.69, 9.17) is 4.74 Å². The van der Waals surface area contributed by atoms with Crippen LogP contribution in [-0.4, -0.2) is 49.4 Å². The first kappa shape index (κ1) is 18.6. The number of carbonyl (C=O) groups is 1. The van der Waals surface area contributed by atoms with E-state index in [-0.39, 0.29) is 17.8 Å². The third kappa shape index (κ3) is 4.94. The van der Waals surface area contributed by atoms with E-state index in [1.807, 2.05) is 0 Å². The van der Waals surface area contributed by atoms with Gasteiger partial charge in [-0.15, -0.1) is 0 Å². The van der Waals surface area contributed by atoms with Crippen LogP contribution in [0.1, 0.15) is 44.1 Å². The molecule has 0 spiro atoms. The predicted octanol–water partition coefficient (Wildman–Crippen LogP) is 2.24. The number of piperidine rings is 1. The monoisotopic (exact) mass is 362 g/mol. The fourth-order valence-electron chi connectivity index (χ4n) is 3.46. The molecule has 1 aromatic carbocycles. The second kappa shape index (κ2) is 8.98. The molecule has 1 atom stereocenters. The number of nitrogens with zero attached hydrogens (tertiary/aromatic N) is 2. The molecule has 142 valence electrons. The molecular formula is C19H27FN4O2. The highest BCUT2D eigenvalue weighted by Crippen LogP contribution is 2.20. The highest BCUT2D eigenvalue weighted by molar-refractivity contribution is 6.02. The summed E-state index contributed by atoms with van der Waals surface area (Å²) < 4.78 is 18.8. The van der Waals surface area contributed by atoms with Gasteiger partial charge in [0.05, 0.1) is 12.8 Å². The van der Waals surface area contributed by atoms with Crippen LogP contribution in [0.25, 0.3) is 0 Å². The zero-order chi connectivity index (χ0) is 18.4. The van der Waals surface area contributed by atoms with Crippen LogP contribution in [0, 0.1) is 5.82 Å². The predicted molar refractivity (Wildman–Crippen MR) is 98.7 cm³/mol. The van der Waals surface area contributed by atoms with Gasteiger partial charge in [0, 0.05) is 18.4 Å². The smallest absolute Gasteiger partial charge is 0.221 e. The van der Waals surface area contributed by atoms with Crippen molar-refractivity contribution in [2.45, 2.75) is 44.7 Å². The van der Waals surface area contributed by atoms with Crippen LogP contribution in [0.3, 0.4) is 0 Å². The summed E-state index contributed by atoms with van der Waals surface area (Å²) in [5.41, 5.74) is 4.34. The Labute approximate surface area is 153 Å². The maximum absolute atomic E-state index is 13.8. The molecular weight excluding hydrogens is 335 g/mol. The van der Waals surface area contributed by atoms with Crippen LogP contribution < -0.4 is 15.5 Å². The number of amides is 1.